The molecular weight excluding hydrogens is 257 g/mol. The number of nitrogen functional groups attached to an aromatic ring is 1. The van der Waals surface area contributed by atoms with Crippen molar-refractivity contribution in [3.8, 4) is 0 Å². The average Bonchev–Trinajstić information content (AvgIpc) is 1.96. The summed E-state index contributed by atoms with van der Waals surface area (Å²) in [5.41, 5.74) is 6.44. The summed E-state index contributed by atoms with van der Waals surface area (Å²) in [5, 5.41) is 8.93. The fourth-order valence-electron chi connectivity index (χ4n) is 0.961. The lowest BCUT2D eigenvalue weighted by molar-refractivity contribution is -0.136. The topological polar surface area (TPSA) is 63.3 Å². The molecular formula is C8H7BrClNO2. The van der Waals surface area contributed by atoms with Crippen molar-refractivity contribution in [2.45, 2.75) is 6.42 Å². The first-order valence-corrected chi connectivity index (χ1v) is 4.63. The number of nitrogens with two attached hydrogens (primary N) is 1. The van der Waals surface area contributed by atoms with E-state index in [0.29, 0.717) is 16.3 Å². The maximum atomic E-state index is 10.4. The van der Waals surface area contributed by atoms with E-state index < -0.39 is 5.97 Å². The van der Waals surface area contributed by atoms with Crippen LogP contribution in [0.3, 0.4) is 0 Å². The van der Waals surface area contributed by atoms with Crippen molar-refractivity contribution in [2.24, 2.45) is 0 Å². The number of carboxylic acid groups (broad SMARTS) is 1. The van der Waals surface area contributed by atoms with Gasteiger partial charge in [-0.1, -0.05) is 27.5 Å². The van der Waals surface area contributed by atoms with Gasteiger partial charge in [-0.15, -0.1) is 0 Å². The van der Waals surface area contributed by atoms with E-state index in [-0.39, 0.29) is 6.42 Å². The van der Waals surface area contributed by atoms with Crippen LogP contribution in [0.25, 0.3) is 0 Å². The van der Waals surface area contributed by atoms with Crippen LogP contribution in [0.1, 0.15) is 5.56 Å². The Hall–Kier alpha value is -0.740. The molecule has 0 saturated heterocycles. The Bertz CT molecular complexity index is 331. The summed E-state index contributed by atoms with van der Waals surface area (Å²) in [6, 6.07) is 3.25. The van der Waals surface area contributed by atoms with Gasteiger partial charge in [0.1, 0.15) is 0 Å². The summed E-state index contributed by atoms with van der Waals surface area (Å²) < 4.78 is 0.740. The molecule has 0 unspecified atom stereocenters. The van der Waals surface area contributed by atoms with Crippen LogP contribution < -0.4 is 5.73 Å². The number of benzene rings is 1. The zero-order valence-electron chi connectivity index (χ0n) is 6.55. The normalized spacial score (nSPS) is 10.0. The third-order valence-corrected chi connectivity index (χ3v) is 2.32. The number of anilines is 1. The number of rotatable bonds is 2. The van der Waals surface area contributed by atoms with Gasteiger partial charge in [0.05, 0.1) is 6.42 Å². The van der Waals surface area contributed by atoms with Crippen LogP contribution >= 0.6 is 27.5 Å². The predicted octanol–water partition coefficient (Wildman–Crippen LogP) is 2.31. The fraction of sp³-hybridized carbons (Fsp3) is 0.125. The van der Waals surface area contributed by atoms with Crippen LogP contribution in [-0.2, 0) is 11.2 Å². The van der Waals surface area contributed by atoms with Crippen LogP contribution in [0.15, 0.2) is 16.6 Å². The van der Waals surface area contributed by atoms with E-state index >= 15 is 0 Å². The molecule has 0 atom stereocenters. The second-order valence-electron chi connectivity index (χ2n) is 2.53. The molecule has 1 aromatic carbocycles. The highest BCUT2D eigenvalue weighted by atomic mass is 79.9. The van der Waals surface area contributed by atoms with Gasteiger partial charge < -0.3 is 10.8 Å². The lowest BCUT2D eigenvalue weighted by atomic mass is 10.1. The Morgan fingerprint density at radius 3 is 2.69 bits per heavy atom. The third kappa shape index (κ3) is 2.60. The summed E-state index contributed by atoms with van der Waals surface area (Å²) in [6.07, 6.45) is -0.155. The maximum Gasteiger partial charge on any atom is 0.307 e. The standard InChI is InChI=1S/C8H7BrClNO2/c9-4-1-6(10)5(3-8(12)13)7(11)2-4/h1-2H,3,11H2,(H,12,13). The third-order valence-electron chi connectivity index (χ3n) is 1.52. The van der Waals surface area contributed by atoms with Crippen molar-refractivity contribution in [3.05, 3.63) is 27.2 Å². The van der Waals surface area contributed by atoms with Gasteiger partial charge in [0.2, 0.25) is 0 Å². The van der Waals surface area contributed by atoms with Crippen LogP contribution in [-0.4, -0.2) is 11.1 Å². The number of aliphatic carboxylic acids is 1. The lowest BCUT2D eigenvalue weighted by Crippen LogP contribution is -2.04. The molecule has 3 N–H and O–H groups in total. The fourth-order valence-corrected chi connectivity index (χ4v) is 1.86. The Morgan fingerprint density at radius 2 is 2.23 bits per heavy atom. The van der Waals surface area contributed by atoms with Gasteiger partial charge >= 0.3 is 5.97 Å². The van der Waals surface area contributed by atoms with Crippen molar-refractivity contribution in [3.63, 3.8) is 0 Å². The van der Waals surface area contributed by atoms with E-state index in [0.717, 1.165) is 4.47 Å². The Kier molecular flexibility index (Phi) is 3.17. The highest BCUT2D eigenvalue weighted by Gasteiger charge is 2.09. The first kappa shape index (κ1) is 10.3. The van der Waals surface area contributed by atoms with E-state index in [1.165, 1.54) is 0 Å². The largest absolute Gasteiger partial charge is 0.481 e. The van der Waals surface area contributed by atoms with Crippen LogP contribution in [0, 0.1) is 0 Å². The van der Waals surface area contributed by atoms with Gasteiger partial charge in [-0.3, -0.25) is 4.79 Å². The molecule has 0 fully saturated rings. The quantitative estimate of drug-likeness (QED) is 0.806. The lowest BCUT2D eigenvalue weighted by Gasteiger charge is -2.05. The highest BCUT2D eigenvalue weighted by Crippen LogP contribution is 2.27. The zero-order chi connectivity index (χ0) is 10.0. The molecule has 0 radical (unpaired) electrons. The highest BCUT2D eigenvalue weighted by molar-refractivity contribution is 9.10. The number of hydrogen-bond acceptors (Lipinski definition) is 2. The predicted molar refractivity (Wildman–Crippen MR) is 54.9 cm³/mol. The molecule has 70 valence electrons. The first-order chi connectivity index (χ1) is 6.00. The first-order valence-electron chi connectivity index (χ1n) is 3.46. The summed E-state index contributed by atoms with van der Waals surface area (Å²) in [4.78, 5) is 10.4. The second kappa shape index (κ2) is 3.98. The van der Waals surface area contributed by atoms with Crippen LogP contribution in [0.5, 0.6) is 0 Å². The van der Waals surface area contributed by atoms with Gasteiger partial charge in [0.15, 0.2) is 0 Å². The van der Waals surface area contributed by atoms with E-state index in [1.54, 1.807) is 12.1 Å². The van der Waals surface area contributed by atoms with Gasteiger partial charge in [0, 0.05) is 20.7 Å². The summed E-state index contributed by atoms with van der Waals surface area (Å²) in [6.45, 7) is 0. The van der Waals surface area contributed by atoms with Gasteiger partial charge in [-0.2, -0.15) is 0 Å². The zero-order valence-corrected chi connectivity index (χ0v) is 8.89. The molecule has 5 heteroatoms. The smallest absolute Gasteiger partial charge is 0.307 e. The van der Waals surface area contributed by atoms with Gasteiger partial charge in [0.25, 0.3) is 0 Å². The Labute approximate surface area is 88.6 Å². The van der Waals surface area contributed by atoms with Crippen LogP contribution in [0.4, 0.5) is 5.69 Å². The molecule has 0 aliphatic heterocycles. The number of hydrogen-bond donors (Lipinski definition) is 2. The molecule has 0 amide bonds. The van der Waals surface area contributed by atoms with E-state index in [1.807, 2.05) is 0 Å². The molecule has 1 aromatic rings. The molecule has 0 aromatic heterocycles. The van der Waals surface area contributed by atoms with Crippen molar-refractivity contribution < 1.29 is 9.90 Å². The SMILES string of the molecule is Nc1cc(Br)cc(Cl)c1CC(=O)O. The Morgan fingerprint density at radius 1 is 1.62 bits per heavy atom. The molecule has 0 bridgehead atoms. The van der Waals surface area contributed by atoms with E-state index in [4.69, 9.17) is 22.4 Å². The van der Waals surface area contributed by atoms with Gasteiger partial charge in [-0.05, 0) is 12.1 Å². The maximum absolute atomic E-state index is 10.4. The average molecular weight is 265 g/mol. The molecule has 1 rings (SSSR count). The van der Waals surface area contributed by atoms with Crippen molar-refractivity contribution in [1.29, 1.82) is 0 Å². The molecule has 0 spiro atoms. The molecule has 0 aliphatic rings. The van der Waals surface area contributed by atoms with Gasteiger partial charge in [-0.25, -0.2) is 0 Å². The molecule has 0 aliphatic carbocycles. The monoisotopic (exact) mass is 263 g/mol. The van der Waals surface area contributed by atoms with E-state index in [9.17, 15) is 4.79 Å². The Balaban J connectivity index is 3.13. The minimum atomic E-state index is -0.948. The molecule has 3 nitrogen and oxygen atoms in total. The van der Waals surface area contributed by atoms with Crippen molar-refractivity contribution in [2.75, 3.05) is 5.73 Å². The van der Waals surface area contributed by atoms with Crippen molar-refractivity contribution in [1.82, 2.24) is 0 Å². The van der Waals surface area contributed by atoms with E-state index in [2.05, 4.69) is 15.9 Å². The summed E-state index contributed by atoms with van der Waals surface area (Å²) in [7, 11) is 0. The number of halogens is 2. The minimum Gasteiger partial charge on any atom is -0.481 e. The summed E-state index contributed by atoms with van der Waals surface area (Å²) in [5.74, 6) is -0.948. The number of carboxylic acids is 1. The molecule has 0 heterocycles. The molecule has 0 saturated carbocycles. The molecule has 13 heavy (non-hydrogen) atoms. The van der Waals surface area contributed by atoms with Crippen LogP contribution in [0.2, 0.25) is 5.02 Å². The number of carbonyl (C=O) groups is 1. The minimum absolute atomic E-state index is 0.155. The second-order valence-corrected chi connectivity index (χ2v) is 3.85. The van der Waals surface area contributed by atoms with Crippen molar-refractivity contribution >= 4 is 39.2 Å². The summed E-state index contributed by atoms with van der Waals surface area (Å²) >= 11 is 9.01.